The second-order valence-corrected chi connectivity index (χ2v) is 7.67. The number of aromatic nitrogens is 1. The Morgan fingerprint density at radius 1 is 1.32 bits per heavy atom. The highest BCUT2D eigenvalue weighted by Gasteiger charge is 2.22. The molecule has 0 radical (unpaired) electrons. The number of hydrogen-bond donors (Lipinski definition) is 0. The van der Waals surface area contributed by atoms with Crippen LogP contribution in [0.1, 0.15) is 58.4 Å². The largest absolute Gasteiger partial charge is 0.461 e. The molecular formula is C20H24N2O2S. The molecule has 0 saturated heterocycles. The highest BCUT2D eigenvalue weighted by Crippen LogP contribution is 2.29. The quantitative estimate of drug-likeness (QED) is 0.635. The lowest BCUT2D eigenvalue weighted by Gasteiger charge is -2.16. The van der Waals surface area contributed by atoms with Gasteiger partial charge in [0.05, 0.1) is 10.7 Å². The smallest absolute Gasteiger partial charge is 0.265 e. The number of fused-ring (bicyclic) bond motifs is 1. The van der Waals surface area contributed by atoms with E-state index in [-0.39, 0.29) is 5.91 Å². The molecule has 1 aromatic carbocycles. The van der Waals surface area contributed by atoms with Gasteiger partial charge in [0, 0.05) is 36.9 Å². The number of rotatable bonds is 5. The molecule has 0 N–H and O–H groups in total. The van der Waals surface area contributed by atoms with Gasteiger partial charge in [-0.25, -0.2) is 4.98 Å². The molecule has 0 aliphatic carbocycles. The number of nitrogens with zero attached hydrogens (tertiary/aromatic N) is 2. The maximum absolute atomic E-state index is 12.9. The lowest BCUT2D eigenvalue weighted by Crippen LogP contribution is -2.26. The summed E-state index contributed by atoms with van der Waals surface area (Å²) in [7, 11) is 1.84. The van der Waals surface area contributed by atoms with Crippen LogP contribution in [0.15, 0.2) is 28.7 Å². The van der Waals surface area contributed by atoms with Gasteiger partial charge in [0.1, 0.15) is 16.2 Å². The van der Waals surface area contributed by atoms with Gasteiger partial charge in [0.15, 0.2) is 0 Å². The summed E-state index contributed by atoms with van der Waals surface area (Å²) < 4.78 is 5.95. The number of carbonyl (C=O) groups is 1. The van der Waals surface area contributed by atoms with Crippen LogP contribution >= 0.6 is 11.3 Å². The standard InChI is InChI=1S/C20H24N2O2S/c1-6-16-15(14-9-7-8-10-17(14)24-16)11-22(5)20(23)18-13(4)21-19(25-18)12(2)3/h7-10,12H,6,11H2,1-5H3. The molecule has 0 atom stereocenters. The van der Waals surface area contributed by atoms with Gasteiger partial charge in [-0.2, -0.15) is 0 Å². The fraction of sp³-hybridized carbons (Fsp3) is 0.400. The maximum atomic E-state index is 12.9. The van der Waals surface area contributed by atoms with Crippen molar-refractivity contribution in [1.29, 1.82) is 0 Å². The summed E-state index contributed by atoms with van der Waals surface area (Å²) in [6.45, 7) is 8.72. The van der Waals surface area contributed by atoms with E-state index in [0.29, 0.717) is 12.5 Å². The van der Waals surface area contributed by atoms with Crippen LogP contribution < -0.4 is 0 Å². The summed E-state index contributed by atoms with van der Waals surface area (Å²) in [5.74, 6) is 1.30. The first-order chi connectivity index (χ1) is 11.9. The van der Waals surface area contributed by atoms with Crippen molar-refractivity contribution >= 4 is 28.2 Å². The topological polar surface area (TPSA) is 46.3 Å². The van der Waals surface area contributed by atoms with Gasteiger partial charge in [-0.15, -0.1) is 11.3 Å². The molecule has 5 heteroatoms. The highest BCUT2D eigenvalue weighted by atomic mass is 32.1. The third-order valence-corrected chi connectivity index (χ3v) is 5.79. The van der Waals surface area contributed by atoms with Crippen molar-refractivity contribution in [3.8, 4) is 0 Å². The number of carbonyl (C=O) groups excluding carboxylic acids is 1. The zero-order valence-corrected chi connectivity index (χ0v) is 16.2. The zero-order valence-electron chi connectivity index (χ0n) is 15.4. The zero-order chi connectivity index (χ0) is 18.1. The molecule has 2 aromatic heterocycles. The summed E-state index contributed by atoms with van der Waals surface area (Å²) in [6.07, 6.45) is 0.809. The summed E-state index contributed by atoms with van der Waals surface area (Å²) >= 11 is 1.50. The summed E-state index contributed by atoms with van der Waals surface area (Å²) in [6, 6.07) is 8.01. The van der Waals surface area contributed by atoms with Gasteiger partial charge in [-0.3, -0.25) is 4.79 Å². The average Bonchev–Trinajstić information content (AvgIpc) is 3.15. The minimum Gasteiger partial charge on any atom is -0.461 e. The van der Waals surface area contributed by atoms with E-state index in [4.69, 9.17) is 4.42 Å². The van der Waals surface area contributed by atoms with Crippen molar-refractivity contribution in [2.24, 2.45) is 0 Å². The van der Waals surface area contributed by atoms with Gasteiger partial charge >= 0.3 is 0 Å². The predicted molar refractivity (Wildman–Crippen MR) is 102 cm³/mol. The van der Waals surface area contributed by atoms with Crippen molar-refractivity contribution in [2.45, 2.75) is 46.6 Å². The molecule has 1 amide bonds. The Morgan fingerprint density at radius 3 is 2.68 bits per heavy atom. The summed E-state index contributed by atoms with van der Waals surface area (Å²) in [5.41, 5.74) is 2.80. The Kier molecular flexibility index (Phi) is 4.95. The Balaban J connectivity index is 1.90. The highest BCUT2D eigenvalue weighted by molar-refractivity contribution is 7.13. The minimum absolute atomic E-state index is 0.0224. The van der Waals surface area contributed by atoms with Gasteiger partial charge in [-0.05, 0) is 13.0 Å². The minimum atomic E-state index is 0.0224. The molecular weight excluding hydrogens is 332 g/mol. The van der Waals surface area contributed by atoms with Crippen LogP contribution in [0.4, 0.5) is 0 Å². The Bertz CT molecular complexity index is 908. The maximum Gasteiger partial charge on any atom is 0.265 e. The molecule has 4 nitrogen and oxygen atoms in total. The van der Waals surface area contributed by atoms with Gasteiger partial charge in [-0.1, -0.05) is 39.0 Å². The SMILES string of the molecule is CCc1oc2ccccc2c1CN(C)C(=O)c1sc(C(C)C)nc1C. The number of thiazole rings is 1. The van der Waals surface area contributed by atoms with Crippen LogP contribution in [-0.4, -0.2) is 22.8 Å². The van der Waals surface area contributed by atoms with Gasteiger partial charge in [0.25, 0.3) is 5.91 Å². The molecule has 0 spiro atoms. The molecule has 0 saturated carbocycles. The number of hydrogen-bond acceptors (Lipinski definition) is 4. The number of furan rings is 1. The van der Waals surface area contributed by atoms with E-state index in [1.807, 2.05) is 32.2 Å². The summed E-state index contributed by atoms with van der Waals surface area (Å²) in [4.78, 5) is 20.0. The third-order valence-electron chi connectivity index (χ3n) is 4.35. The van der Waals surface area contributed by atoms with E-state index in [1.54, 1.807) is 4.90 Å². The van der Waals surface area contributed by atoms with Crippen LogP contribution in [0.5, 0.6) is 0 Å². The Morgan fingerprint density at radius 2 is 2.04 bits per heavy atom. The molecule has 0 aliphatic rings. The lowest BCUT2D eigenvalue weighted by molar-refractivity contribution is 0.0789. The van der Waals surface area contributed by atoms with Crippen molar-refractivity contribution < 1.29 is 9.21 Å². The molecule has 3 aromatic rings. The molecule has 3 rings (SSSR count). The first kappa shape index (κ1) is 17.7. The monoisotopic (exact) mass is 356 g/mol. The van der Waals surface area contributed by atoms with Crippen LogP contribution in [-0.2, 0) is 13.0 Å². The van der Waals surface area contributed by atoms with Crippen molar-refractivity contribution in [1.82, 2.24) is 9.88 Å². The Hall–Kier alpha value is -2.14. The first-order valence-corrected chi connectivity index (χ1v) is 9.46. The van der Waals surface area contributed by atoms with Crippen LogP contribution in [0, 0.1) is 6.92 Å². The number of benzene rings is 1. The van der Waals surface area contributed by atoms with E-state index >= 15 is 0 Å². The normalized spacial score (nSPS) is 11.4. The van der Waals surface area contributed by atoms with Crippen LogP contribution in [0.25, 0.3) is 11.0 Å². The van der Waals surface area contributed by atoms with Crippen molar-refractivity contribution in [3.05, 3.63) is 51.2 Å². The van der Waals surface area contributed by atoms with Crippen LogP contribution in [0.2, 0.25) is 0 Å². The molecule has 0 fully saturated rings. The van der Waals surface area contributed by atoms with Crippen molar-refractivity contribution in [2.75, 3.05) is 7.05 Å². The van der Waals surface area contributed by atoms with Gasteiger partial charge in [0.2, 0.25) is 0 Å². The molecule has 2 heterocycles. The second kappa shape index (κ2) is 7.00. The second-order valence-electron chi connectivity index (χ2n) is 6.64. The molecule has 132 valence electrons. The molecule has 25 heavy (non-hydrogen) atoms. The van der Waals surface area contributed by atoms with Gasteiger partial charge < -0.3 is 9.32 Å². The molecule has 0 bridgehead atoms. The molecule has 0 aliphatic heterocycles. The van der Waals surface area contributed by atoms with E-state index in [2.05, 4.69) is 31.8 Å². The van der Waals surface area contributed by atoms with E-state index in [1.165, 1.54) is 11.3 Å². The fourth-order valence-corrected chi connectivity index (χ4v) is 4.02. The Labute approximate surface area is 152 Å². The third kappa shape index (κ3) is 3.33. The van der Waals surface area contributed by atoms with E-state index in [0.717, 1.165) is 44.3 Å². The lowest BCUT2D eigenvalue weighted by atomic mass is 10.1. The van der Waals surface area contributed by atoms with Crippen molar-refractivity contribution in [3.63, 3.8) is 0 Å². The van der Waals surface area contributed by atoms with E-state index in [9.17, 15) is 4.79 Å². The number of aryl methyl sites for hydroxylation is 2. The molecule has 0 unspecified atom stereocenters. The summed E-state index contributed by atoms with van der Waals surface area (Å²) in [5, 5.41) is 2.10. The number of amides is 1. The average molecular weight is 356 g/mol. The fourth-order valence-electron chi connectivity index (χ4n) is 2.95. The predicted octanol–water partition coefficient (Wildman–Crippen LogP) is 5.16. The number of para-hydroxylation sites is 1. The van der Waals surface area contributed by atoms with E-state index < -0.39 is 0 Å². The first-order valence-electron chi connectivity index (χ1n) is 8.64. The van der Waals surface area contributed by atoms with Crippen LogP contribution in [0.3, 0.4) is 0 Å².